The number of halogens is 1. The fourth-order valence-corrected chi connectivity index (χ4v) is 2.54. The third kappa shape index (κ3) is 3.46. The van der Waals surface area contributed by atoms with Crippen molar-refractivity contribution in [3.05, 3.63) is 57.9 Å². The maximum Gasteiger partial charge on any atom is 0.271 e. The molecule has 0 fully saturated rings. The summed E-state index contributed by atoms with van der Waals surface area (Å²) in [6.07, 6.45) is 0. The number of fused-ring (bicyclic) bond motifs is 1. The second-order valence-corrected chi connectivity index (χ2v) is 5.69. The van der Waals surface area contributed by atoms with Gasteiger partial charge in [0.25, 0.3) is 11.6 Å². The third-order valence-electron chi connectivity index (χ3n) is 3.87. The molecule has 2 aromatic carbocycles. The fourth-order valence-electron chi connectivity index (χ4n) is 2.54. The van der Waals surface area contributed by atoms with Crippen LogP contribution in [0.5, 0.6) is 5.75 Å². The quantitative estimate of drug-likeness (QED) is 0.667. The second kappa shape index (κ2) is 6.79. The Bertz CT molecular complexity index is 915. The first-order valence-electron chi connectivity index (χ1n) is 7.63. The lowest BCUT2D eigenvalue weighted by molar-refractivity contribution is -0.384. The lowest BCUT2D eigenvalue weighted by atomic mass is 10.2. The van der Waals surface area contributed by atoms with Crippen LogP contribution in [0.4, 0.5) is 21.5 Å². The topological polar surface area (TPSA) is 102 Å². The summed E-state index contributed by atoms with van der Waals surface area (Å²) in [4.78, 5) is 35.9. The molecule has 0 radical (unpaired) electrons. The van der Waals surface area contributed by atoms with Crippen LogP contribution in [0, 0.1) is 22.9 Å². The zero-order valence-corrected chi connectivity index (χ0v) is 13.7. The zero-order chi connectivity index (χ0) is 18.8. The Morgan fingerprint density at radius 1 is 1.35 bits per heavy atom. The summed E-state index contributed by atoms with van der Waals surface area (Å²) in [5.74, 6) is -1.31. The van der Waals surface area contributed by atoms with E-state index in [0.29, 0.717) is 5.56 Å². The maximum atomic E-state index is 13.3. The van der Waals surface area contributed by atoms with Gasteiger partial charge in [-0.2, -0.15) is 0 Å². The van der Waals surface area contributed by atoms with Gasteiger partial charge in [0.05, 0.1) is 10.6 Å². The molecule has 1 aliphatic rings. The highest BCUT2D eigenvalue weighted by Crippen LogP contribution is 2.35. The lowest BCUT2D eigenvalue weighted by Gasteiger charge is -2.28. The van der Waals surface area contributed by atoms with Gasteiger partial charge in [-0.15, -0.1) is 0 Å². The maximum absolute atomic E-state index is 13.3. The number of aryl methyl sites for hydroxylation is 1. The van der Waals surface area contributed by atoms with Gasteiger partial charge in [-0.25, -0.2) is 4.39 Å². The molecule has 1 heterocycles. The van der Waals surface area contributed by atoms with Gasteiger partial charge in [-0.3, -0.25) is 24.6 Å². The highest BCUT2D eigenvalue weighted by atomic mass is 19.1. The minimum atomic E-state index is -0.603. The predicted octanol–water partition coefficient (Wildman–Crippen LogP) is 2.41. The molecule has 3 rings (SSSR count). The molecule has 0 unspecified atom stereocenters. The van der Waals surface area contributed by atoms with Crippen LogP contribution >= 0.6 is 0 Å². The molecule has 1 aliphatic heterocycles. The molecule has 0 atom stereocenters. The van der Waals surface area contributed by atoms with Gasteiger partial charge in [0, 0.05) is 17.8 Å². The number of nitrogens with zero attached hydrogens (tertiary/aromatic N) is 2. The molecule has 2 aromatic rings. The first-order valence-corrected chi connectivity index (χ1v) is 7.63. The average molecular weight is 359 g/mol. The van der Waals surface area contributed by atoms with Gasteiger partial charge < -0.3 is 10.1 Å². The highest BCUT2D eigenvalue weighted by Gasteiger charge is 2.29. The Morgan fingerprint density at radius 2 is 2.12 bits per heavy atom. The number of amides is 2. The number of ether oxygens (including phenoxy) is 1. The molecule has 1 N–H and O–H groups in total. The summed E-state index contributed by atoms with van der Waals surface area (Å²) in [6, 6.07) is 7.76. The van der Waals surface area contributed by atoms with E-state index in [4.69, 9.17) is 4.74 Å². The summed E-state index contributed by atoms with van der Waals surface area (Å²) in [7, 11) is 0. The van der Waals surface area contributed by atoms with E-state index in [1.165, 1.54) is 36.4 Å². The SMILES string of the molecule is Cc1ccc(F)cc1NC(=O)CN1C(=O)COc2ccc([N+](=O)[O-])cc21. The van der Waals surface area contributed by atoms with Crippen molar-refractivity contribution >= 4 is 28.9 Å². The van der Waals surface area contributed by atoms with Gasteiger partial charge >= 0.3 is 0 Å². The number of rotatable bonds is 4. The average Bonchev–Trinajstić information content (AvgIpc) is 2.60. The Hall–Kier alpha value is -3.49. The van der Waals surface area contributed by atoms with Crippen molar-refractivity contribution in [3.8, 4) is 5.75 Å². The summed E-state index contributed by atoms with van der Waals surface area (Å²) < 4.78 is 18.6. The molecule has 9 heteroatoms. The lowest BCUT2D eigenvalue weighted by Crippen LogP contribution is -2.43. The van der Waals surface area contributed by atoms with Crippen LogP contribution in [-0.2, 0) is 9.59 Å². The van der Waals surface area contributed by atoms with Crippen molar-refractivity contribution in [3.63, 3.8) is 0 Å². The number of hydrogen-bond acceptors (Lipinski definition) is 5. The summed E-state index contributed by atoms with van der Waals surface area (Å²) in [5.41, 5.74) is 0.856. The van der Waals surface area contributed by atoms with E-state index in [2.05, 4.69) is 5.32 Å². The Kier molecular flexibility index (Phi) is 4.53. The number of hydrogen-bond donors (Lipinski definition) is 1. The molecule has 0 saturated carbocycles. The van der Waals surface area contributed by atoms with E-state index >= 15 is 0 Å². The number of non-ortho nitro benzene ring substituents is 1. The monoisotopic (exact) mass is 359 g/mol. The van der Waals surface area contributed by atoms with Gasteiger partial charge in [-0.1, -0.05) is 6.07 Å². The predicted molar refractivity (Wildman–Crippen MR) is 90.7 cm³/mol. The van der Waals surface area contributed by atoms with Crippen LogP contribution in [0.1, 0.15) is 5.56 Å². The van der Waals surface area contributed by atoms with Crippen LogP contribution in [0.3, 0.4) is 0 Å². The molecule has 2 amide bonds. The zero-order valence-electron chi connectivity index (χ0n) is 13.7. The van der Waals surface area contributed by atoms with Crippen LogP contribution in [0.2, 0.25) is 0 Å². The van der Waals surface area contributed by atoms with Gasteiger partial charge in [0.2, 0.25) is 5.91 Å². The van der Waals surface area contributed by atoms with Gasteiger partial charge in [-0.05, 0) is 30.7 Å². The standard InChI is InChI=1S/C17H14FN3O5/c1-10-2-3-11(18)6-13(10)19-16(22)8-20-14-7-12(21(24)25)4-5-15(14)26-9-17(20)23/h2-7H,8-9H2,1H3,(H,19,22). The number of benzene rings is 2. The molecular weight excluding hydrogens is 345 g/mol. The van der Waals surface area contributed by atoms with E-state index in [-0.39, 0.29) is 36.0 Å². The van der Waals surface area contributed by atoms with E-state index in [1.54, 1.807) is 6.92 Å². The van der Waals surface area contributed by atoms with E-state index in [9.17, 15) is 24.1 Å². The van der Waals surface area contributed by atoms with Crippen molar-refractivity contribution in [1.29, 1.82) is 0 Å². The Labute approximate surface area is 147 Å². The van der Waals surface area contributed by atoms with Crippen LogP contribution < -0.4 is 15.0 Å². The number of nitro benzene ring substituents is 1. The van der Waals surface area contributed by atoms with E-state index < -0.39 is 22.6 Å². The van der Waals surface area contributed by atoms with Crippen molar-refractivity contribution in [2.24, 2.45) is 0 Å². The molecule has 0 spiro atoms. The Balaban J connectivity index is 1.84. The van der Waals surface area contributed by atoms with Gasteiger partial charge in [0.15, 0.2) is 6.61 Å². The number of nitro groups is 1. The smallest absolute Gasteiger partial charge is 0.271 e. The molecule has 0 aliphatic carbocycles. The van der Waals surface area contributed by atoms with Crippen LogP contribution in [0.25, 0.3) is 0 Å². The summed E-state index contributed by atoms with van der Waals surface area (Å²) in [5, 5.41) is 13.5. The highest BCUT2D eigenvalue weighted by molar-refractivity contribution is 6.05. The normalized spacial score (nSPS) is 13.0. The second-order valence-electron chi connectivity index (χ2n) is 5.69. The molecule has 0 bridgehead atoms. The third-order valence-corrected chi connectivity index (χ3v) is 3.87. The minimum Gasteiger partial charge on any atom is -0.482 e. The van der Waals surface area contributed by atoms with E-state index in [0.717, 1.165) is 4.90 Å². The number of carbonyl (C=O) groups is 2. The Morgan fingerprint density at radius 3 is 2.85 bits per heavy atom. The minimum absolute atomic E-state index is 0.140. The van der Waals surface area contributed by atoms with Crippen molar-refractivity contribution in [1.82, 2.24) is 0 Å². The number of nitrogens with one attached hydrogen (secondary N) is 1. The van der Waals surface area contributed by atoms with Crippen LogP contribution in [-0.4, -0.2) is 29.9 Å². The molecule has 8 nitrogen and oxygen atoms in total. The van der Waals surface area contributed by atoms with Crippen molar-refractivity contribution in [2.75, 3.05) is 23.4 Å². The summed E-state index contributed by atoms with van der Waals surface area (Å²) >= 11 is 0. The van der Waals surface area contributed by atoms with Crippen LogP contribution in [0.15, 0.2) is 36.4 Å². The first-order chi connectivity index (χ1) is 12.3. The van der Waals surface area contributed by atoms with Crippen molar-refractivity contribution in [2.45, 2.75) is 6.92 Å². The molecule has 0 saturated heterocycles. The molecule has 26 heavy (non-hydrogen) atoms. The van der Waals surface area contributed by atoms with E-state index in [1.807, 2.05) is 0 Å². The molecule has 0 aromatic heterocycles. The first kappa shape index (κ1) is 17.3. The largest absolute Gasteiger partial charge is 0.482 e. The number of carbonyl (C=O) groups excluding carboxylic acids is 2. The molecular formula is C17H14FN3O5. The molecule has 134 valence electrons. The van der Waals surface area contributed by atoms with Crippen molar-refractivity contribution < 1.29 is 23.6 Å². The summed E-state index contributed by atoms with van der Waals surface area (Å²) in [6.45, 7) is 1.04. The fraction of sp³-hybridized carbons (Fsp3) is 0.176. The number of anilines is 2. The van der Waals surface area contributed by atoms with Gasteiger partial charge in [0.1, 0.15) is 18.1 Å².